The number of ketones is 1. The Labute approximate surface area is 239 Å². The molecule has 1 heterocycles. The molecule has 0 saturated carbocycles. The second-order valence-electron chi connectivity index (χ2n) is 10.7. The van der Waals surface area contributed by atoms with Crippen LogP contribution in [-0.2, 0) is 16.1 Å². The molecule has 8 nitrogen and oxygen atoms in total. The Bertz CT molecular complexity index is 1760. The van der Waals surface area contributed by atoms with Crippen LogP contribution in [0.25, 0.3) is 5.57 Å². The molecule has 1 amide bonds. The highest BCUT2D eigenvalue weighted by Crippen LogP contribution is 2.60. The third-order valence-corrected chi connectivity index (χ3v) is 8.40. The van der Waals surface area contributed by atoms with Gasteiger partial charge in [-0.2, -0.15) is 0 Å². The summed E-state index contributed by atoms with van der Waals surface area (Å²) >= 11 is 6.33. The smallest absolute Gasteiger partial charge is 0.280 e. The van der Waals surface area contributed by atoms with E-state index in [0.717, 1.165) is 11.6 Å². The molecular formula is C31H24ClFN2O6. The first-order valence-electron chi connectivity index (χ1n) is 13.0. The summed E-state index contributed by atoms with van der Waals surface area (Å²) in [5.74, 6) is -4.57. The topological polar surface area (TPSA) is 119 Å². The van der Waals surface area contributed by atoms with Gasteiger partial charge in [0.1, 0.15) is 17.1 Å². The number of nitrogens with zero attached hydrogens (tertiary/aromatic N) is 1. The van der Waals surface area contributed by atoms with Crippen molar-refractivity contribution in [3.8, 4) is 5.75 Å². The molecule has 0 radical (unpaired) electrons. The van der Waals surface area contributed by atoms with E-state index in [1.165, 1.54) is 30.3 Å². The fraction of sp³-hybridized carbons (Fsp3) is 0.226. The van der Waals surface area contributed by atoms with Crippen LogP contribution in [0, 0.1) is 15.9 Å². The molecular weight excluding hydrogens is 551 g/mol. The van der Waals surface area contributed by atoms with Crippen LogP contribution >= 0.6 is 11.6 Å². The number of fused-ring (bicyclic) bond motifs is 5. The minimum absolute atomic E-state index is 0.0326. The highest BCUT2D eigenvalue weighted by Gasteiger charge is 2.73. The lowest BCUT2D eigenvalue weighted by molar-refractivity contribution is -0.385. The molecule has 2 N–H and O–H groups in total. The van der Waals surface area contributed by atoms with E-state index in [2.05, 4.69) is 5.32 Å². The van der Waals surface area contributed by atoms with Gasteiger partial charge in [-0.3, -0.25) is 19.7 Å². The monoisotopic (exact) mass is 574 g/mol. The summed E-state index contributed by atoms with van der Waals surface area (Å²) in [4.78, 5) is 39.7. The third-order valence-electron chi connectivity index (χ3n) is 8.08. The molecule has 2 aliphatic carbocycles. The van der Waals surface area contributed by atoms with E-state index in [4.69, 9.17) is 16.3 Å². The highest BCUT2D eigenvalue weighted by atomic mass is 35.5. The van der Waals surface area contributed by atoms with Crippen LogP contribution in [0.5, 0.6) is 5.75 Å². The highest BCUT2D eigenvalue weighted by molar-refractivity contribution is 6.33. The number of allylic oxidation sites excluding steroid dienone is 2. The summed E-state index contributed by atoms with van der Waals surface area (Å²) in [7, 11) is 0. The van der Waals surface area contributed by atoms with E-state index in [1.54, 1.807) is 31.2 Å². The number of carbonyl (C=O) groups excluding carboxylic acids is 2. The molecule has 10 heteroatoms. The predicted octanol–water partition coefficient (Wildman–Crippen LogP) is 6.06. The number of hydrogen-bond acceptors (Lipinski definition) is 6. The van der Waals surface area contributed by atoms with E-state index >= 15 is 0 Å². The predicted molar refractivity (Wildman–Crippen MR) is 149 cm³/mol. The molecule has 41 heavy (non-hydrogen) atoms. The van der Waals surface area contributed by atoms with Crippen LogP contribution in [0.3, 0.4) is 0 Å². The molecule has 2 unspecified atom stereocenters. The van der Waals surface area contributed by atoms with Crippen molar-refractivity contribution in [1.29, 1.82) is 0 Å². The van der Waals surface area contributed by atoms with E-state index in [1.807, 2.05) is 13.8 Å². The van der Waals surface area contributed by atoms with Gasteiger partial charge in [0.25, 0.3) is 17.4 Å². The van der Waals surface area contributed by atoms with Gasteiger partial charge >= 0.3 is 0 Å². The number of halogens is 2. The minimum Gasteiger partial charge on any atom is -0.454 e. The normalized spacial score (nSPS) is 22.3. The second-order valence-corrected chi connectivity index (χ2v) is 11.1. The lowest BCUT2D eigenvalue weighted by Crippen LogP contribution is -2.60. The standard InChI is InChI=1S/C31H24ClFN2O6/c1-15(2)17-11-13-19-24(14-17)41-31(38)20-6-4-9-23(35(39)40)27(20)28(36)30(19,31)34-29(37)25-16(3)10-12-18(25)26-21(32)7-5-8-22(26)33/h4-9,11-15,38H,10H2,1-3H3,(H,34,37). The number of hydrogen-bond donors (Lipinski definition) is 2. The van der Waals surface area contributed by atoms with Gasteiger partial charge < -0.3 is 15.2 Å². The molecule has 1 aliphatic heterocycles. The summed E-state index contributed by atoms with van der Waals surface area (Å²) in [6.07, 6.45) is 1.99. The first-order valence-corrected chi connectivity index (χ1v) is 13.4. The zero-order chi connectivity index (χ0) is 29.4. The van der Waals surface area contributed by atoms with Crippen LogP contribution in [0.1, 0.15) is 65.7 Å². The van der Waals surface area contributed by atoms with Crippen molar-refractivity contribution in [2.45, 2.75) is 44.4 Å². The second kappa shape index (κ2) is 9.09. The maximum absolute atomic E-state index is 14.9. The summed E-state index contributed by atoms with van der Waals surface area (Å²) in [6, 6.07) is 13.1. The molecule has 3 aliphatic rings. The fourth-order valence-corrected chi connectivity index (χ4v) is 6.34. The van der Waals surface area contributed by atoms with Crippen molar-refractivity contribution in [2.24, 2.45) is 0 Å². The van der Waals surface area contributed by atoms with Gasteiger partial charge in [0, 0.05) is 28.3 Å². The van der Waals surface area contributed by atoms with Gasteiger partial charge in [0.15, 0.2) is 0 Å². The Kier molecular flexibility index (Phi) is 5.95. The van der Waals surface area contributed by atoms with Crippen LogP contribution in [0.4, 0.5) is 10.1 Å². The average molecular weight is 575 g/mol. The molecule has 2 atom stereocenters. The number of nitro groups is 1. The Morgan fingerprint density at radius 1 is 1.15 bits per heavy atom. The molecule has 6 rings (SSSR count). The van der Waals surface area contributed by atoms with Crippen LogP contribution in [0.2, 0.25) is 5.02 Å². The number of Topliss-reactive ketones (excluding diaryl/α,β-unsaturated/α-hetero) is 1. The zero-order valence-electron chi connectivity index (χ0n) is 22.2. The molecule has 0 spiro atoms. The largest absolute Gasteiger partial charge is 0.454 e. The summed E-state index contributed by atoms with van der Waals surface area (Å²) in [5.41, 5.74) is -1.33. The van der Waals surface area contributed by atoms with Crippen molar-refractivity contribution in [3.63, 3.8) is 0 Å². The summed E-state index contributed by atoms with van der Waals surface area (Å²) in [6.45, 7) is 5.62. The maximum atomic E-state index is 14.9. The van der Waals surface area contributed by atoms with Gasteiger partial charge in [-0.05, 0) is 48.6 Å². The Morgan fingerprint density at radius 3 is 2.56 bits per heavy atom. The van der Waals surface area contributed by atoms with E-state index in [-0.39, 0.29) is 50.1 Å². The average Bonchev–Trinajstić information content (AvgIpc) is 3.48. The van der Waals surface area contributed by atoms with E-state index < -0.39 is 39.4 Å². The van der Waals surface area contributed by atoms with Crippen LogP contribution < -0.4 is 10.1 Å². The van der Waals surface area contributed by atoms with Crippen LogP contribution in [-0.4, -0.2) is 21.7 Å². The van der Waals surface area contributed by atoms with Gasteiger partial charge in [-0.15, -0.1) is 0 Å². The molecule has 0 saturated heterocycles. The first kappa shape index (κ1) is 26.9. The van der Waals surface area contributed by atoms with Gasteiger partial charge in [-0.1, -0.05) is 67.4 Å². The third kappa shape index (κ3) is 3.55. The fourth-order valence-electron chi connectivity index (χ4n) is 6.07. The number of benzene rings is 3. The molecule has 0 bridgehead atoms. The number of aliphatic hydroxyl groups is 1. The molecule has 208 valence electrons. The van der Waals surface area contributed by atoms with Crippen molar-refractivity contribution in [3.05, 3.63) is 121 Å². The quantitative estimate of drug-likeness (QED) is 0.282. The number of nitro benzene ring substituents is 1. The maximum Gasteiger partial charge on any atom is 0.280 e. The van der Waals surface area contributed by atoms with Gasteiger partial charge in [0.2, 0.25) is 11.3 Å². The number of amides is 1. The first-order chi connectivity index (χ1) is 19.4. The lowest BCUT2D eigenvalue weighted by Gasteiger charge is -2.34. The van der Waals surface area contributed by atoms with Crippen molar-refractivity contribution in [2.75, 3.05) is 0 Å². The zero-order valence-corrected chi connectivity index (χ0v) is 23.0. The summed E-state index contributed by atoms with van der Waals surface area (Å²) in [5, 5.41) is 26.9. The van der Waals surface area contributed by atoms with Crippen LogP contribution in [0.15, 0.2) is 71.8 Å². The van der Waals surface area contributed by atoms with Gasteiger partial charge in [-0.25, -0.2) is 4.39 Å². The SMILES string of the molecule is CC1=C(C(=O)NC23C(=O)c4c([N+](=O)[O-])cccc4C2(O)Oc2cc(C(C)C)ccc23)C(c2c(F)cccc2Cl)=CC1. The Hall–Kier alpha value is -4.34. The molecule has 3 aromatic carbocycles. The van der Waals surface area contributed by atoms with Gasteiger partial charge in [0.05, 0.1) is 9.95 Å². The van der Waals surface area contributed by atoms with Crippen molar-refractivity contribution >= 4 is 34.6 Å². The lowest BCUT2D eigenvalue weighted by atomic mass is 9.81. The molecule has 0 fully saturated rings. The van der Waals surface area contributed by atoms with Crippen molar-refractivity contribution in [1.82, 2.24) is 5.32 Å². The number of carbonyl (C=O) groups is 2. The Morgan fingerprint density at radius 2 is 1.88 bits per heavy atom. The number of nitrogens with one attached hydrogen (secondary N) is 1. The Balaban J connectivity index is 1.54. The number of ether oxygens (including phenoxy) is 1. The van der Waals surface area contributed by atoms with Crippen molar-refractivity contribution < 1.29 is 28.7 Å². The molecule has 3 aromatic rings. The van der Waals surface area contributed by atoms with E-state index in [0.29, 0.717) is 12.0 Å². The molecule has 0 aromatic heterocycles. The summed E-state index contributed by atoms with van der Waals surface area (Å²) < 4.78 is 21.0. The van der Waals surface area contributed by atoms with E-state index in [9.17, 15) is 29.2 Å². The minimum atomic E-state index is -2.49. The number of rotatable bonds is 5.